The molecule has 0 unspecified atom stereocenters. The number of phenols is 8. The highest BCUT2D eigenvalue weighted by Crippen LogP contribution is 2.46. The van der Waals surface area contributed by atoms with Crippen molar-refractivity contribution in [3.63, 3.8) is 0 Å². The van der Waals surface area contributed by atoms with Gasteiger partial charge in [0.2, 0.25) is 0 Å². The Balaban J connectivity index is 0.000000112. The van der Waals surface area contributed by atoms with Gasteiger partial charge >= 0.3 is 24.0 Å². The number of hydrogen-bond acceptors (Lipinski definition) is 24. The number of fused-ring (bicyclic) bond motifs is 9. The summed E-state index contributed by atoms with van der Waals surface area (Å²) in [5, 5.41) is 105. The highest BCUT2D eigenvalue weighted by Gasteiger charge is 2.26. The maximum atomic E-state index is 10.5. The van der Waals surface area contributed by atoms with E-state index < -0.39 is 0 Å². The van der Waals surface area contributed by atoms with Gasteiger partial charge < -0.3 is 59.8 Å². The van der Waals surface area contributed by atoms with Crippen molar-refractivity contribution < 1.29 is 59.8 Å². The zero-order valence-corrected chi connectivity index (χ0v) is 69.6. The number of aromatic hydroxyl groups is 8. The molecular formula is C105H76N12O12. The molecule has 4 heterocycles. The molecule has 0 aliphatic heterocycles. The summed E-state index contributed by atoms with van der Waals surface area (Å²) in [6.07, 6.45) is 0. The van der Waals surface area contributed by atoms with Crippen molar-refractivity contribution in [2.24, 2.45) is 0 Å². The number of phenolic OH excluding ortho intramolecular Hbond substituents is 8. The molecule has 0 saturated heterocycles. The van der Waals surface area contributed by atoms with Crippen LogP contribution < -0.4 is 18.9 Å². The van der Waals surface area contributed by atoms with E-state index in [1.54, 1.807) is 24.3 Å². The molecule has 628 valence electrons. The highest BCUT2D eigenvalue weighted by atomic mass is 16.5. The second kappa shape index (κ2) is 34.6. The van der Waals surface area contributed by atoms with Crippen molar-refractivity contribution in [2.75, 3.05) is 26.9 Å². The minimum Gasteiger partial charge on any atom is -0.507 e. The second-order valence-electron chi connectivity index (χ2n) is 30.0. The van der Waals surface area contributed by atoms with Gasteiger partial charge in [0.1, 0.15) is 68.2 Å². The molecule has 0 aliphatic rings. The Morgan fingerprint density at radius 2 is 0.519 bits per heavy atom. The van der Waals surface area contributed by atoms with Gasteiger partial charge in [0.15, 0.2) is 46.6 Å². The van der Waals surface area contributed by atoms with Gasteiger partial charge in [-0.25, -0.2) is 19.9 Å². The Labute approximate surface area is 735 Å². The number of ether oxygens (including phenoxy) is 4. The van der Waals surface area contributed by atoms with Crippen molar-refractivity contribution >= 4 is 108 Å². The van der Waals surface area contributed by atoms with Crippen LogP contribution in [0.25, 0.3) is 199 Å². The first-order chi connectivity index (χ1) is 63.0. The largest absolute Gasteiger partial charge is 0.507 e. The molecule has 0 spiro atoms. The summed E-state index contributed by atoms with van der Waals surface area (Å²) in [6.45, 7) is 6.62. The second-order valence-corrected chi connectivity index (χ2v) is 30.0. The zero-order valence-electron chi connectivity index (χ0n) is 69.6. The molecule has 4 aromatic heterocycles. The van der Waals surface area contributed by atoms with Crippen molar-refractivity contribution in [3.8, 4) is 161 Å². The van der Waals surface area contributed by atoms with E-state index >= 15 is 0 Å². The number of hydrogen-bond donors (Lipinski definition) is 8. The fourth-order valence-corrected chi connectivity index (χ4v) is 16.4. The Hall–Kier alpha value is -17.5. The van der Waals surface area contributed by atoms with E-state index in [-0.39, 0.29) is 116 Å². The maximum Gasteiger partial charge on any atom is 0.320 e. The molecule has 0 amide bonds. The fraction of sp³-hybridized carbons (Fsp3) is 0.0667. The number of methoxy groups -OCH3 is 1. The van der Waals surface area contributed by atoms with E-state index in [0.717, 1.165) is 108 Å². The van der Waals surface area contributed by atoms with E-state index in [9.17, 15) is 40.9 Å². The molecule has 0 saturated carbocycles. The van der Waals surface area contributed by atoms with Crippen LogP contribution in [0.4, 0.5) is 0 Å². The lowest BCUT2D eigenvalue weighted by atomic mass is 9.92. The lowest BCUT2D eigenvalue weighted by Crippen LogP contribution is -2.04. The van der Waals surface area contributed by atoms with Crippen molar-refractivity contribution in [1.82, 2.24) is 59.8 Å². The average molecular weight is 1700 g/mol. The molecule has 8 N–H and O–H groups in total. The molecule has 18 aromatic carbocycles. The molecule has 0 bridgehead atoms. The maximum absolute atomic E-state index is 10.5. The lowest BCUT2D eigenvalue weighted by molar-refractivity contribution is 0.312. The number of nitrogens with zero attached hydrogens (tertiary/aromatic N) is 12. The van der Waals surface area contributed by atoms with E-state index in [4.69, 9.17) is 23.9 Å². The SMILES string of the molecule is CCOc1nc(-c2c(O)cccc2O)nc(-c2c3ccccc3cc3ccccc23)n1.CCOc1nc(-c2c(O)cccc2O)nc(-c2cc3c4ccccc4ccc3c3ccccc23)n1.CCOc1nc(-c2ccc3cc4ccccc4cc3c2)nc(-c2c(O)cccc2O)n1.COc1nc(-c2c(O)cccc2O)nc(-c2ccc3ccc4cccc5ccc2c3c45)n1. The summed E-state index contributed by atoms with van der Waals surface area (Å²) in [7, 11) is 1.47. The molecule has 0 radical (unpaired) electrons. The van der Waals surface area contributed by atoms with Gasteiger partial charge in [-0.05, 0) is 213 Å². The summed E-state index contributed by atoms with van der Waals surface area (Å²) in [5.41, 5.74) is 3.78. The van der Waals surface area contributed by atoms with Crippen molar-refractivity contribution in [3.05, 3.63) is 303 Å². The quantitative estimate of drug-likeness (QED) is 0.0349. The van der Waals surface area contributed by atoms with Gasteiger partial charge in [0.25, 0.3) is 0 Å². The first-order valence-corrected chi connectivity index (χ1v) is 41.4. The van der Waals surface area contributed by atoms with Crippen molar-refractivity contribution in [1.29, 1.82) is 0 Å². The van der Waals surface area contributed by atoms with E-state index in [0.29, 0.717) is 43.1 Å². The van der Waals surface area contributed by atoms with E-state index in [2.05, 4.69) is 170 Å². The first kappa shape index (κ1) is 81.1. The van der Waals surface area contributed by atoms with E-state index in [1.165, 1.54) is 77.2 Å². The van der Waals surface area contributed by atoms with Crippen LogP contribution in [0.5, 0.6) is 70.0 Å². The highest BCUT2D eigenvalue weighted by molar-refractivity contribution is 6.26. The minimum absolute atomic E-state index is 0.0957. The monoisotopic (exact) mass is 1700 g/mol. The van der Waals surface area contributed by atoms with Crippen LogP contribution in [0.2, 0.25) is 0 Å². The predicted molar refractivity (Wildman–Crippen MR) is 502 cm³/mol. The molecule has 24 nitrogen and oxygen atoms in total. The third-order valence-electron chi connectivity index (χ3n) is 22.2. The molecule has 129 heavy (non-hydrogen) atoms. The fourth-order valence-electron chi connectivity index (χ4n) is 16.4. The lowest BCUT2D eigenvalue weighted by Gasteiger charge is -2.14. The molecular weight excluding hydrogens is 1620 g/mol. The van der Waals surface area contributed by atoms with Gasteiger partial charge in [-0.15, -0.1) is 0 Å². The average Bonchev–Trinajstić information content (AvgIpc) is 0.738. The predicted octanol–water partition coefficient (Wildman–Crippen LogP) is 22.6. The summed E-state index contributed by atoms with van der Waals surface area (Å²) < 4.78 is 22.1. The normalized spacial score (nSPS) is 11.3. The third kappa shape index (κ3) is 15.7. The van der Waals surface area contributed by atoms with E-state index in [1.807, 2.05) is 136 Å². The van der Waals surface area contributed by atoms with Crippen LogP contribution in [0, 0.1) is 0 Å². The summed E-state index contributed by atoms with van der Waals surface area (Å²) >= 11 is 0. The summed E-state index contributed by atoms with van der Waals surface area (Å²) in [4.78, 5) is 53.8. The first-order valence-electron chi connectivity index (χ1n) is 41.4. The molecule has 0 aliphatic carbocycles. The molecule has 22 rings (SSSR count). The topological polar surface area (TPSA) is 353 Å². The standard InChI is InChI=1S/C29H21N3O3.C26H17N3O3.2C25H19N3O3/c1-2-35-29-31-27(30-28(32-29)26-24(33)12-7-13-25(26)34)23-16-22-18-9-4-3-8-17(18)14-15-21(22)19-10-5-6-11-20(19)23;1-32-26-28-24(27-25(29-26)23-19(30)6-3-7-20(23)31)18-13-11-16-9-8-14-4-2-5-15-10-12-17(18)22(16)21(14)15;1-2-31-25-27-23(26-24(28-25)22-19(29)12-7-13-20(22)30)21-17-10-5-3-8-15(17)14-16-9-4-6-11-18(16)21;1-2-31-25-27-23(26-24(28-25)22-20(29)8-5-9-21(22)30)18-11-10-17-12-15-6-3-4-7-16(15)13-19(17)14-18/h3-16,33-34H,2H2,1H3;2-13,30-31H,1H3;2*3-14,29-30H,2H2,1H3. The Kier molecular flexibility index (Phi) is 21.8. The molecule has 22 aromatic rings. The van der Waals surface area contributed by atoms with Crippen molar-refractivity contribution in [2.45, 2.75) is 20.8 Å². The third-order valence-corrected chi connectivity index (χ3v) is 22.2. The summed E-state index contributed by atoms with van der Waals surface area (Å²) in [5.74, 6) is 1.15. The van der Waals surface area contributed by atoms with Crippen LogP contribution in [-0.2, 0) is 0 Å². The Bertz CT molecular complexity index is 8000. The van der Waals surface area contributed by atoms with Crippen LogP contribution in [0.15, 0.2) is 303 Å². The molecule has 0 fully saturated rings. The van der Waals surface area contributed by atoms with Gasteiger partial charge in [-0.2, -0.15) is 39.9 Å². The van der Waals surface area contributed by atoms with Crippen LogP contribution in [-0.4, -0.2) is 128 Å². The summed E-state index contributed by atoms with van der Waals surface area (Å²) in [6, 6.07) is 96.7. The molecule has 0 atom stereocenters. The minimum atomic E-state index is -0.126. The Morgan fingerprint density at radius 3 is 1.02 bits per heavy atom. The van der Waals surface area contributed by atoms with Gasteiger partial charge in [0, 0.05) is 22.3 Å². The van der Waals surface area contributed by atoms with Gasteiger partial charge in [0.05, 0.1) is 26.9 Å². The Morgan fingerprint density at radius 1 is 0.202 bits per heavy atom. The van der Waals surface area contributed by atoms with Crippen LogP contribution >= 0.6 is 0 Å². The number of aromatic nitrogens is 12. The van der Waals surface area contributed by atoms with Crippen LogP contribution in [0.1, 0.15) is 20.8 Å². The smallest absolute Gasteiger partial charge is 0.320 e. The zero-order chi connectivity index (χ0) is 88.5. The molecule has 24 heteroatoms. The van der Waals surface area contributed by atoms with Gasteiger partial charge in [-0.3, -0.25) is 0 Å². The van der Waals surface area contributed by atoms with Crippen LogP contribution in [0.3, 0.4) is 0 Å². The number of rotatable bonds is 15. The van der Waals surface area contributed by atoms with Gasteiger partial charge in [-0.1, -0.05) is 218 Å². The number of benzene rings is 18.